The van der Waals surface area contributed by atoms with Crippen LogP contribution >= 0.6 is 0 Å². The number of nitrogens with two attached hydrogens (primary N) is 2. The Hall–Kier alpha value is -4.62. The Kier molecular flexibility index (Phi) is 15.0. The predicted molar refractivity (Wildman–Crippen MR) is 168 cm³/mol. The van der Waals surface area contributed by atoms with E-state index in [-0.39, 0.29) is 31.6 Å². The average Bonchev–Trinajstić information content (AvgIpc) is 3.02. The van der Waals surface area contributed by atoms with Gasteiger partial charge in [0, 0.05) is 25.2 Å². The molecule has 0 aliphatic carbocycles. The van der Waals surface area contributed by atoms with Crippen molar-refractivity contribution in [1.82, 2.24) is 10.2 Å². The molecule has 0 saturated heterocycles. The van der Waals surface area contributed by atoms with Gasteiger partial charge in [-0.05, 0) is 72.8 Å². The number of benzene rings is 3. The third kappa shape index (κ3) is 12.1. The second kappa shape index (κ2) is 18.4. The van der Waals surface area contributed by atoms with Crippen LogP contribution in [0, 0.1) is 0 Å². The van der Waals surface area contributed by atoms with Crippen LogP contribution in [0.4, 0.5) is 18.0 Å². The summed E-state index contributed by atoms with van der Waals surface area (Å²) < 4.78 is 46.1. The zero-order chi connectivity index (χ0) is 34.3. The monoisotopic (exact) mass is 646 g/mol. The highest BCUT2D eigenvalue weighted by Gasteiger charge is 2.31. The third-order valence-electron chi connectivity index (χ3n) is 6.95. The Labute approximate surface area is 266 Å². The van der Waals surface area contributed by atoms with Crippen LogP contribution in [-0.4, -0.2) is 59.3 Å². The summed E-state index contributed by atoms with van der Waals surface area (Å²) >= 11 is 0. The van der Waals surface area contributed by atoms with Gasteiger partial charge < -0.3 is 36.6 Å². The molecule has 0 saturated carbocycles. The number of ether oxygens (including phenoxy) is 1. The van der Waals surface area contributed by atoms with E-state index in [1.807, 2.05) is 30.3 Å². The number of hydrogen-bond acceptors (Lipinski definition) is 6. The van der Waals surface area contributed by atoms with Crippen LogP contribution in [0.25, 0.3) is 11.1 Å². The number of nitrogens with one attached hydrogen (secondary N) is 1. The molecule has 0 bridgehead atoms. The van der Waals surface area contributed by atoms with Crippen LogP contribution in [0.3, 0.4) is 0 Å². The molecule has 13 heteroatoms. The fraction of sp³-hybridized carbons (Fsp3) is 0.364. The topological polar surface area (TPSA) is 168 Å². The molecule has 0 aliphatic heterocycles. The van der Waals surface area contributed by atoms with E-state index in [4.69, 9.17) is 21.3 Å². The fourth-order valence-electron chi connectivity index (χ4n) is 4.46. The van der Waals surface area contributed by atoms with E-state index in [9.17, 15) is 32.7 Å². The summed E-state index contributed by atoms with van der Waals surface area (Å²) in [5.74, 6) is -1.59. The second-order valence-corrected chi connectivity index (χ2v) is 10.4. The summed E-state index contributed by atoms with van der Waals surface area (Å²) in [7, 11) is 1.43. The van der Waals surface area contributed by atoms with Crippen molar-refractivity contribution in [3.8, 4) is 16.9 Å². The van der Waals surface area contributed by atoms with Crippen molar-refractivity contribution >= 4 is 18.0 Å². The van der Waals surface area contributed by atoms with Gasteiger partial charge in [-0.3, -0.25) is 9.59 Å². The van der Waals surface area contributed by atoms with Gasteiger partial charge in [0.15, 0.2) is 0 Å². The van der Waals surface area contributed by atoms with Gasteiger partial charge in [0.05, 0.1) is 19.1 Å². The SMILES string of the molecule is CCN(Cc1cc(C(F)(F)F)ccc1-c1cc(CC(=O)O)ccc1OC)C(=O)NCc1ccccc1.NCCCC[C@H](N)C(=O)O. The highest BCUT2D eigenvalue weighted by molar-refractivity contribution is 5.78. The van der Waals surface area contributed by atoms with Crippen LogP contribution in [0.15, 0.2) is 66.7 Å². The van der Waals surface area contributed by atoms with Crippen molar-refractivity contribution in [1.29, 1.82) is 0 Å². The van der Waals surface area contributed by atoms with E-state index >= 15 is 0 Å². The highest BCUT2D eigenvalue weighted by atomic mass is 19.4. The number of nitrogens with zero attached hydrogens (tertiary/aromatic N) is 1. The van der Waals surface area contributed by atoms with E-state index in [0.717, 1.165) is 30.5 Å². The van der Waals surface area contributed by atoms with Gasteiger partial charge in [0.2, 0.25) is 0 Å². The van der Waals surface area contributed by atoms with Gasteiger partial charge in [-0.1, -0.05) is 48.9 Å². The van der Waals surface area contributed by atoms with Gasteiger partial charge in [0.1, 0.15) is 11.8 Å². The van der Waals surface area contributed by atoms with Gasteiger partial charge in [-0.15, -0.1) is 0 Å². The first-order valence-electron chi connectivity index (χ1n) is 14.6. The number of methoxy groups -OCH3 is 1. The Morgan fingerprint density at radius 2 is 1.65 bits per heavy atom. The normalized spacial score (nSPS) is 11.5. The minimum atomic E-state index is -4.57. The van der Waals surface area contributed by atoms with Crippen molar-refractivity contribution in [3.05, 3.63) is 89.0 Å². The standard InChI is InChI=1S/C27H27F3N2O4.C6H14N2O2/c1-3-32(26(35)31-16-18-7-5-4-6-8-18)17-20-15-21(27(28,29)30)10-11-22(20)23-13-19(14-25(33)34)9-12-24(23)36-2;7-4-2-1-3-5(8)6(9)10/h4-13,15H,3,14,16-17H2,1-2H3,(H,31,35)(H,33,34);5H,1-4,7-8H2,(H,9,10)/t;5-/m.0/s1. The van der Waals surface area contributed by atoms with E-state index in [1.54, 1.807) is 25.1 Å². The fourth-order valence-corrected chi connectivity index (χ4v) is 4.46. The molecule has 46 heavy (non-hydrogen) atoms. The first-order chi connectivity index (χ1) is 21.8. The molecule has 0 fully saturated rings. The van der Waals surface area contributed by atoms with Crippen LogP contribution in [-0.2, 0) is 35.3 Å². The maximum absolute atomic E-state index is 13.6. The summed E-state index contributed by atoms with van der Waals surface area (Å²) in [6, 6.07) is 16.2. The minimum Gasteiger partial charge on any atom is -0.496 e. The first-order valence-corrected chi connectivity index (χ1v) is 14.6. The van der Waals surface area contributed by atoms with Gasteiger partial charge in [0.25, 0.3) is 0 Å². The molecule has 3 rings (SSSR count). The number of urea groups is 1. The van der Waals surface area contributed by atoms with E-state index in [0.29, 0.717) is 35.4 Å². The molecule has 0 unspecified atom stereocenters. The molecule has 0 aromatic heterocycles. The summed E-state index contributed by atoms with van der Waals surface area (Å²) in [6.45, 7) is 2.78. The smallest absolute Gasteiger partial charge is 0.416 e. The average molecular weight is 647 g/mol. The first kappa shape index (κ1) is 37.6. The number of carbonyl (C=O) groups is 3. The van der Waals surface area contributed by atoms with E-state index in [1.165, 1.54) is 18.1 Å². The number of aliphatic carboxylic acids is 2. The lowest BCUT2D eigenvalue weighted by Gasteiger charge is -2.24. The molecule has 3 aromatic carbocycles. The summed E-state index contributed by atoms with van der Waals surface area (Å²) in [5, 5.41) is 20.3. The molecule has 0 spiro atoms. The Bertz CT molecular complexity index is 1440. The molecule has 1 atom stereocenters. The number of unbranched alkanes of at least 4 members (excludes halogenated alkanes) is 1. The number of amides is 2. The molecule has 10 nitrogen and oxygen atoms in total. The molecule has 0 aliphatic rings. The Balaban J connectivity index is 0.000000634. The van der Waals surface area contributed by atoms with Gasteiger partial charge >= 0.3 is 24.1 Å². The predicted octanol–water partition coefficient (Wildman–Crippen LogP) is 5.27. The lowest BCUT2D eigenvalue weighted by Crippen LogP contribution is -2.39. The van der Waals surface area contributed by atoms with Crippen LogP contribution in [0.1, 0.15) is 48.4 Å². The van der Waals surface area contributed by atoms with Gasteiger partial charge in [-0.25, -0.2) is 4.79 Å². The number of carboxylic acids is 2. The van der Waals surface area contributed by atoms with E-state index in [2.05, 4.69) is 5.32 Å². The van der Waals surface area contributed by atoms with Gasteiger partial charge in [-0.2, -0.15) is 13.2 Å². The lowest BCUT2D eigenvalue weighted by molar-refractivity contribution is -0.139. The van der Waals surface area contributed by atoms with Crippen molar-refractivity contribution in [2.75, 3.05) is 20.2 Å². The number of rotatable bonds is 14. The molecule has 7 N–H and O–H groups in total. The Morgan fingerprint density at radius 3 is 2.22 bits per heavy atom. The minimum absolute atomic E-state index is 0.0946. The van der Waals surface area contributed by atoms with Crippen LogP contribution in [0.5, 0.6) is 5.75 Å². The summed E-state index contributed by atoms with van der Waals surface area (Å²) in [5.41, 5.74) is 12.1. The summed E-state index contributed by atoms with van der Waals surface area (Å²) in [6.07, 6.45) is -2.66. The van der Waals surface area contributed by atoms with Crippen molar-refractivity contribution < 1.29 is 42.5 Å². The number of halogens is 3. The van der Waals surface area contributed by atoms with Crippen molar-refractivity contribution in [2.45, 2.75) is 57.9 Å². The van der Waals surface area contributed by atoms with Crippen LogP contribution in [0.2, 0.25) is 0 Å². The Morgan fingerprint density at radius 1 is 0.957 bits per heavy atom. The molecule has 0 radical (unpaired) electrons. The summed E-state index contributed by atoms with van der Waals surface area (Å²) in [4.78, 5) is 35.6. The quantitative estimate of drug-likeness (QED) is 0.148. The largest absolute Gasteiger partial charge is 0.496 e. The number of carbonyl (C=O) groups excluding carboxylic acids is 1. The van der Waals surface area contributed by atoms with Crippen molar-refractivity contribution in [2.24, 2.45) is 11.5 Å². The molecule has 3 aromatic rings. The molecule has 250 valence electrons. The number of alkyl halides is 3. The van der Waals surface area contributed by atoms with Crippen LogP contribution < -0.4 is 21.5 Å². The molecule has 0 heterocycles. The lowest BCUT2D eigenvalue weighted by atomic mass is 9.94. The zero-order valence-electron chi connectivity index (χ0n) is 25.8. The van der Waals surface area contributed by atoms with Crippen molar-refractivity contribution in [3.63, 3.8) is 0 Å². The van der Waals surface area contributed by atoms with E-state index < -0.39 is 35.8 Å². The zero-order valence-corrected chi connectivity index (χ0v) is 25.8. The number of carboxylic acid groups (broad SMARTS) is 2. The second-order valence-electron chi connectivity index (χ2n) is 10.4. The highest BCUT2D eigenvalue weighted by Crippen LogP contribution is 2.38. The molecular formula is C33H41F3N4O6. The third-order valence-corrected chi connectivity index (χ3v) is 6.95. The molecular weight excluding hydrogens is 605 g/mol. The maximum Gasteiger partial charge on any atom is 0.416 e. The molecule has 2 amide bonds. The number of hydrogen-bond donors (Lipinski definition) is 5. The maximum atomic E-state index is 13.6.